The lowest BCUT2D eigenvalue weighted by Crippen LogP contribution is -1.92. The molecule has 0 heterocycles. The minimum absolute atomic E-state index is 0.604. The first kappa shape index (κ1) is 13.0. The number of allylic oxidation sites excluding steroid dienone is 1. The normalized spacial score (nSPS) is 12.7. The van der Waals surface area contributed by atoms with Crippen LogP contribution < -0.4 is 0 Å². The van der Waals surface area contributed by atoms with Crippen molar-refractivity contribution in [1.29, 1.82) is 0 Å². The zero-order valence-electron chi connectivity index (χ0n) is 10.6. The molecule has 92 valence electrons. The maximum Gasteiger partial charge on any atom is 0.0101 e. The molecule has 0 aliphatic rings. The van der Waals surface area contributed by atoms with Gasteiger partial charge in [0.05, 0.1) is 0 Å². The third kappa shape index (κ3) is 4.42. The van der Waals surface area contributed by atoms with Crippen molar-refractivity contribution in [3.8, 4) is 0 Å². The van der Waals surface area contributed by atoms with Gasteiger partial charge < -0.3 is 0 Å². The lowest BCUT2D eigenvalue weighted by atomic mass is 10.2. The van der Waals surface area contributed by atoms with Gasteiger partial charge in [-0.2, -0.15) is 0 Å². The second-order valence-corrected chi connectivity index (χ2v) is 5.80. The Morgan fingerprint density at radius 3 is 2.22 bits per heavy atom. The Morgan fingerprint density at radius 2 is 1.56 bits per heavy atom. The number of rotatable bonds is 5. The van der Waals surface area contributed by atoms with E-state index in [1.807, 2.05) is 17.8 Å². The van der Waals surface area contributed by atoms with Crippen LogP contribution in [0.5, 0.6) is 0 Å². The predicted octanol–water partition coefficient (Wildman–Crippen LogP) is 5.27. The molecule has 0 N–H and O–H groups in total. The molecular formula is C17H18S. The summed E-state index contributed by atoms with van der Waals surface area (Å²) in [6.45, 7) is 2.27. The summed E-state index contributed by atoms with van der Waals surface area (Å²) in [7, 11) is 0. The van der Waals surface area contributed by atoms with Gasteiger partial charge in [-0.05, 0) is 24.1 Å². The van der Waals surface area contributed by atoms with E-state index in [4.69, 9.17) is 0 Å². The van der Waals surface area contributed by atoms with Crippen LogP contribution in [0.2, 0.25) is 0 Å². The molecule has 2 aromatic rings. The summed E-state index contributed by atoms with van der Waals surface area (Å²) in [6.07, 6.45) is 5.55. The summed E-state index contributed by atoms with van der Waals surface area (Å²) in [5.41, 5.74) is 1.27. The van der Waals surface area contributed by atoms with Crippen molar-refractivity contribution in [2.45, 2.75) is 23.5 Å². The first-order valence-electron chi connectivity index (χ1n) is 6.28. The lowest BCUT2D eigenvalue weighted by Gasteiger charge is -2.07. The molecule has 18 heavy (non-hydrogen) atoms. The smallest absolute Gasteiger partial charge is 0.0101 e. The van der Waals surface area contributed by atoms with Crippen LogP contribution >= 0.6 is 11.8 Å². The summed E-state index contributed by atoms with van der Waals surface area (Å²) in [4.78, 5) is 1.35. The van der Waals surface area contributed by atoms with Crippen molar-refractivity contribution >= 4 is 17.8 Å². The highest BCUT2D eigenvalue weighted by Crippen LogP contribution is 2.25. The van der Waals surface area contributed by atoms with Gasteiger partial charge in [0.2, 0.25) is 0 Å². The number of hydrogen-bond acceptors (Lipinski definition) is 1. The van der Waals surface area contributed by atoms with Crippen molar-refractivity contribution in [2.75, 3.05) is 0 Å². The van der Waals surface area contributed by atoms with Gasteiger partial charge >= 0.3 is 0 Å². The molecule has 0 saturated heterocycles. The third-order valence-electron chi connectivity index (χ3n) is 2.66. The van der Waals surface area contributed by atoms with E-state index in [0.29, 0.717) is 5.25 Å². The molecule has 0 nitrogen and oxygen atoms in total. The highest BCUT2D eigenvalue weighted by Gasteiger charge is 2.01. The van der Waals surface area contributed by atoms with Gasteiger partial charge in [0.15, 0.2) is 0 Å². The zero-order chi connectivity index (χ0) is 12.6. The Kier molecular flexibility index (Phi) is 5.10. The predicted molar refractivity (Wildman–Crippen MR) is 81.9 cm³/mol. The summed E-state index contributed by atoms with van der Waals surface area (Å²) in [5.74, 6) is 0. The van der Waals surface area contributed by atoms with Crippen LogP contribution in [0.25, 0.3) is 6.08 Å². The van der Waals surface area contributed by atoms with Crippen molar-refractivity contribution < 1.29 is 0 Å². The summed E-state index contributed by atoms with van der Waals surface area (Å²) >= 11 is 1.93. The fraction of sp³-hybridized carbons (Fsp3) is 0.176. The van der Waals surface area contributed by atoms with E-state index in [2.05, 4.69) is 73.7 Å². The quantitative estimate of drug-likeness (QED) is 0.655. The second-order valence-electron chi connectivity index (χ2n) is 4.29. The molecule has 0 saturated carbocycles. The maximum absolute atomic E-state index is 2.27. The van der Waals surface area contributed by atoms with Crippen LogP contribution in [0.1, 0.15) is 18.9 Å². The van der Waals surface area contributed by atoms with Gasteiger partial charge in [0.1, 0.15) is 0 Å². The topological polar surface area (TPSA) is 0 Å². The third-order valence-corrected chi connectivity index (χ3v) is 3.80. The van der Waals surface area contributed by atoms with Crippen LogP contribution in [0.3, 0.4) is 0 Å². The van der Waals surface area contributed by atoms with E-state index in [1.165, 1.54) is 10.5 Å². The minimum atomic E-state index is 0.604. The standard InChI is InChI=1S/C17H18S/c1-15(18-17-13-6-3-7-14-17)9-8-12-16-10-4-2-5-11-16/h2-8,10-15H,9H2,1H3/b12-8+. The van der Waals surface area contributed by atoms with Crippen LogP contribution in [0, 0.1) is 0 Å². The monoisotopic (exact) mass is 254 g/mol. The van der Waals surface area contributed by atoms with Gasteiger partial charge in [-0.25, -0.2) is 0 Å². The molecule has 2 rings (SSSR count). The molecule has 1 unspecified atom stereocenters. The molecule has 1 heteroatoms. The molecule has 0 bridgehead atoms. The molecule has 0 aromatic heterocycles. The summed E-state index contributed by atoms with van der Waals surface area (Å²) in [5, 5.41) is 0.604. The number of hydrogen-bond donors (Lipinski definition) is 0. The Balaban J connectivity index is 1.82. The zero-order valence-corrected chi connectivity index (χ0v) is 11.4. The Hall–Kier alpha value is -1.47. The van der Waals surface area contributed by atoms with Gasteiger partial charge in [-0.3, -0.25) is 0 Å². The van der Waals surface area contributed by atoms with Crippen LogP contribution in [-0.2, 0) is 0 Å². The van der Waals surface area contributed by atoms with Gasteiger partial charge in [0, 0.05) is 10.1 Å². The SMILES string of the molecule is CC(C/C=C/c1ccccc1)Sc1ccccc1. The van der Waals surface area contributed by atoms with Crippen molar-refractivity contribution in [2.24, 2.45) is 0 Å². The first-order chi connectivity index (χ1) is 8.84. The average Bonchev–Trinajstić information content (AvgIpc) is 2.41. The van der Waals surface area contributed by atoms with E-state index in [-0.39, 0.29) is 0 Å². The van der Waals surface area contributed by atoms with E-state index in [9.17, 15) is 0 Å². The largest absolute Gasteiger partial charge is 0.123 e. The maximum atomic E-state index is 2.27. The van der Waals surface area contributed by atoms with Gasteiger partial charge in [-0.1, -0.05) is 67.6 Å². The summed E-state index contributed by atoms with van der Waals surface area (Å²) < 4.78 is 0. The molecule has 2 aromatic carbocycles. The molecule has 0 aliphatic carbocycles. The van der Waals surface area contributed by atoms with E-state index in [1.54, 1.807) is 0 Å². The molecular weight excluding hydrogens is 236 g/mol. The highest BCUT2D eigenvalue weighted by atomic mass is 32.2. The summed E-state index contributed by atoms with van der Waals surface area (Å²) in [6, 6.07) is 21.0. The van der Waals surface area contributed by atoms with Crippen molar-refractivity contribution in [3.63, 3.8) is 0 Å². The van der Waals surface area contributed by atoms with Crippen molar-refractivity contribution in [3.05, 3.63) is 72.3 Å². The molecule has 0 spiro atoms. The van der Waals surface area contributed by atoms with Gasteiger partial charge in [0.25, 0.3) is 0 Å². The van der Waals surface area contributed by atoms with Crippen molar-refractivity contribution in [1.82, 2.24) is 0 Å². The van der Waals surface area contributed by atoms with E-state index in [0.717, 1.165) is 6.42 Å². The minimum Gasteiger partial charge on any atom is -0.123 e. The molecule has 0 radical (unpaired) electrons. The Labute approximate surface area is 114 Å². The fourth-order valence-electron chi connectivity index (χ4n) is 1.74. The fourth-order valence-corrected chi connectivity index (χ4v) is 2.73. The molecule has 0 aliphatic heterocycles. The first-order valence-corrected chi connectivity index (χ1v) is 7.16. The van der Waals surface area contributed by atoms with Crippen LogP contribution in [0.4, 0.5) is 0 Å². The van der Waals surface area contributed by atoms with Crippen LogP contribution in [-0.4, -0.2) is 5.25 Å². The number of thioether (sulfide) groups is 1. The van der Waals surface area contributed by atoms with E-state index < -0.39 is 0 Å². The Morgan fingerprint density at radius 1 is 0.944 bits per heavy atom. The highest BCUT2D eigenvalue weighted by molar-refractivity contribution is 7.99. The Bertz CT molecular complexity index is 473. The second kappa shape index (κ2) is 7.07. The van der Waals surface area contributed by atoms with Crippen LogP contribution in [0.15, 0.2) is 71.6 Å². The average molecular weight is 254 g/mol. The molecule has 0 fully saturated rings. The lowest BCUT2D eigenvalue weighted by molar-refractivity contribution is 0.983. The van der Waals surface area contributed by atoms with Gasteiger partial charge in [-0.15, -0.1) is 11.8 Å². The molecule has 0 amide bonds. The molecule has 1 atom stereocenters. The van der Waals surface area contributed by atoms with E-state index >= 15 is 0 Å². The number of benzene rings is 2.